The van der Waals surface area contributed by atoms with Gasteiger partial charge in [0.15, 0.2) is 16.7 Å². The summed E-state index contributed by atoms with van der Waals surface area (Å²) in [5.74, 6) is 0.0772. The van der Waals surface area contributed by atoms with Crippen LogP contribution in [0.4, 0.5) is 14.5 Å². The topological polar surface area (TPSA) is 24.1 Å². The zero-order chi connectivity index (χ0) is 15.8. The van der Waals surface area contributed by atoms with Gasteiger partial charge in [0.05, 0.1) is 0 Å². The second-order valence-electron chi connectivity index (χ2n) is 4.55. The molecule has 0 aromatic heterocycles. The van der Waals surface area contributed by atoms with E-state index < -0.39 is 11.6 Å². The van der Waals surface area contributed by atoms with Gasteiger partial charge in [-0.25, -0.2) is 8.78 Å². The first-order chi connectivity index (χ1) is 10.6. The zero-order valence-corrected chi connectivity index (χ0v) is 13.4. The standard InChI is InChI=1S/C16H16F2N2S2/c17-14-7-6-13(10-15(14)18)20-16(21)19-8-9-22-11-12-4-2-1-3-5-12/h1-7,10H,8-9,11H2,(H2,19,20,21). The van der Waals surface area contributed by atoms with E-state index in [1.54, 1.807) is 11.8 Å². The fraction of sp³-hybridized carbons (Fsp3) is 0.188. The Bertz CT molecular complexity index is 621. The first-order valence-corrected chi connectivity index (χ1v) is 8.33. The molecule has 0 fully saturated rings. The minimum Gasteiger partial charge on any atom is -0.362 e. The first-order valence-electron chi connectivity index (χ1n) is 6.77. The molecule has 2 rings (SSSR count). The van der Waals surface area contributed by atoms with E-state index in [0.29, 0.717) is 17.3 Å². The van der Waals surface area contributed by atoms with Crippen molar-refractivity contribution in [3.63, 3.8) is 0 Å². The van der Waals surface area contributed by atoms with E-state index in [1.807, 2.05) is 18.2 Å². The number of thiocarbonyl (C=S) groups is 1. The van der Waals surface area contributed by atoms with Crippen LogP contribution in [0.15, 0.2) is 48.5 Å². The predicted molar refractivity (Wildman–Crippen MR) is 93.2 cm³/mol. The van der Waals surface area contributed by atoms with Crippen molar-refractivity contribution in [3.8, 4) is 0 Å². The van der Waals surface area contributed by atoms with Gasteiger partial charge in [-0.1, -0.05) is 30.3 Å². The summed E-state index contributed by atoms with van der Waals surface area (Å²) in [7, 11) is 0. The number of rotatable bonds is 6. The number of hydrogen-bond donors (Lipinski definition) is 2. The van der Waals surface area contributed by atoms with Crippen LogP contribution in [0.2, 0.25) is 0 Å². The van der Waals surface area contributed by atoms with Gasteiger partial charge in [-0.05, 0) is 29.9 Å². The Morgan fingerprint density at radius 3 is 2.55 bits per heavy atom. The summed E-state index contributed by atoms with van der Waals surface area (Å²) in [6.07, 6.45) is 0. The molecule has 0 aliphatic carbocycles. The molecule has 2 aromatic rings. The fourth-order valence-corrected chi connectivity index (χ4v) is 2.79. The van der Waals surface area contributed by atoms with Gasteiger partial charge in [0.2, 0.25) is 0 Å². The molecule has 0 bridgehead atoms. The third kappa shape index (κ3) is 5.61. The number of hydrogen-bond acceptors (Lipinski definition) is 2. The van der Waals surface area contributed by atoms with E-state index in [-0.39, 0.29) is 0 Å². The maximum Gasteiger partial charge on any atom is 0.170 e. The molecule has 116 valence electrons. The van der Waals surface area contributed by atoms with Crippen molar-refractivity contribution in [2.45, 2.75) is 5.75 Å². The lowest BCUT2D eigenvalue weighted by Crippen LogP contribution is -2.30. The average molecular weight is 338 g/mol. The molecule has 6 heteroatoms. The SMILES string of the molecule is Fc1ccc(NC(=S)NCCSCc2ccccc2)cc1F. The van der Waals surface area contributed by atoms with Gasteiger partial charge in [-0.3, -0.25) is 0 Å². The van der Waals surface area contributed by atoms with Gasteiger partial charge in [-0.2, -0.15) is 11.8 Å². The van der Waals surface area contributed by atoms with Gasteiger partial charge < -0.3 is 10.6 Å². The molecule has 0 spiro atoms. The molecule has 0 atom stereocenters. The van der Waals surface area contributed by atoms with Crippen LogP contribution >= 0.6 is 24.0 Å². The van der Waals surface area contributed by atoms with Crippen molar-refractivity contribution in [3.05, 3.63) is 65.7 Å². The van der Waals surface area contributed by atoms with E-state index in [1.165, 1.54) is 11.6 Å². The highest BCUT2D eigenvalue weighted by Gasteiger charge is 2.03. The summed E-state index contributed by atoms with van der Waals surface area (Å²) in [4.78, 5) is 0. The molecular formula is C16H16F2N2S2. The van der Waals surface area contributed by atoms with Crippen molar-refractivity contribution in [1.29, 1.82) is 0 Å². The van der Waals surface area contributed by atoms with Gasteiger partial charge in [0.1, 0.15) is 0 Å². The predicted octanol–water partition coefficient (Wildman–Crippen LogP) is 4.18. The molecule has 0 saturated carbocycles. The largest absolute Gasteiger partial charge is 0.362 e. The summed E-state index contributed by atoms with van der Waals surface area (Å²) in [5, 5.41) is 6.25. The molecule has 0 saturated heterocycles. The number of anilines is 1. The normalized spacial score (nSPS) is 10.3. The van der Waals surface area contributed by atoms with Crippen LogP contribution in [0, 0.1) is 11.6 Å². The Balaban J connectivity index is 1.64. The first kappa shape index (κ1) is 16.7. The highest BCUT2D eigenvalue weighted by Crippen LogP contribution is 2.13. The quantitative estimate of drug-likeness (QED) is 0.609. The molecule has 0 aliphatic rings. The Morgan fingerprint density at radius 1 is 1.05 bits per heavy atom. The zero-order valence-electron chi connectivity index (χ0n) is 11.8. The number of thioether (sulfide) groups is 1. The van der Waals surface area contributed by atoms with Crippen LogP contribution in [0.1, 0.15) is 5.56 Å². The summed E-state index contributed by atoms with van der Waals surface area (Å²) in [6.45, 7) is 0.701. The molecule has 2 N–H and O–H groups in total. The van der Waals surface area contributed by atoms with Crippen molar-refractivity contribution >= 4 is 34.8 Å². The maximum atomic E-state index is 13.1. The van der Waals surface area contributed by atoms with E-state index in [9.17, 15) is 8.78 Å². The Kier molecular flexibility index (Phi) is 6.61. The highest BCUT2D eigenvalue weighted by atomic mass is 32.2. The van der Waals surface area contributed by atoms with Crippen LogP contribution in [0.25, 0.3) is 0 Å². The van der Waals surface area contributed by atoms with Gasteiger partial charge in [-0.15, -0.1) is 0 Å². The Hall–Kier alpha value is -1.66. The van der Waals surface area contributed by atoms with E-state index in [0.717, 1.165) is 23.6 Å². The van der Waals surface area contributed by atoms with E-state index >= 15 is 0 Å². The lowest BCUT2D eigenvalue weighted by atomic mass is 10.2. The monoisotopic (exact) mass is 338 g/mol. The fourth-order valence-electron chi connectivity index (χ4n) is 1.75. The number of nitrogens with one attached hydrogen (secondary N) is 2. The molecule has 0 radical (unpaired) electrons. The van der Waals surface area contributed by atoms with E-state index in [2.05, 4.69) is 22.8 Å². The Morgan fingerprint density at radius 2 is 1.82 bits per heavy atom. The van der Waals surface area contributed by atoms with Gasteiger partial charge in [0.25, 0.3) is 0 Å². The van der Waals surface area contributed by atoms with Crippen LogP contribution in [-0.2, 0) is 5.75 Å². The third-order valence-electron chi connectivity index (χ3n) is 2.82. The van der Waals surface area contributed by atoms with Crippen LogP contribution < -0.4 is 10.6 Å². The molecular weight excluding hydrogens is 322 g/mol. The minimum atomic E-state index is -0.897. The average Bonchev–Trinajstić information content (AvgIpc) is 2.52. The van der Waals surface area contributed by atoms with E-state index in [4.69, 9.17) is 12.2 Å². The summed E-state index contributed by atoms with van der Waals surface area (Å²) in [6, 6.07) is 13.8. The third-order valence-corrected chi connectivity index (χ3v) is 4.10. The van der Waals surface area contributed by atoms with Crippen molar-refractivity contribution in [2.75, 3.05) is 17.6 Å². The van der Waals surface area contributed by atoms with Gasteiger partial charge in [0, 0.05) is 29.8 Å². The number of benzene rings is 2. The van der Waals surface area contributed by atoms with Crippen LogP contribution in [-0.4, -0.2) is 17.4 Å². The molecule has 0 heterocycles. The lowest BCUT2D eigenvalue weighted by molar-refractivity contribution is 0.509. The lowest BCUT2D eigenvalue weighted by Gasteiger charge is -2.10. The molecule has 0 aliphatic heterocycles. The van der Waals surface area contributed by atoms with Crippen molar-refractivity contribution in [1.82, 2.24) is 5.32 Å². The summed E-state index contributed by atoms with van der Waals surface area (Å²) >= 11 is 6.91. The minimum absolute atomic E-state index is 0.395. The number of halogens is 2. The molecule has 2 nitrogen and oxygen atoms in total. The molecule has 0 unspecified atom stereocenters. The Labute approximate surface area is 138 Å². The second-order valence-corrected chi connectivity index (χ2v) is 6.06. The van der Waals surface area contributed by atoms with Crippen LogP contribution in [0.5, 0.6) is 0 Å². The maximum absolute atomic E-state index is 13.1. The second kappa shape index (κ2) is 8.70. The van der Waals surface area contributed by atoms with Gasteiger partial charge >= 0.3 is 0 Å². The summed E-state index contributed by atoms with van der Waals surface area (Å²) < 4.78 is 25.9. The molecule has 2 aromatic carbocycles. The van der Waals surface area contributed by atoms with Crippen molar-refractivity contribution < 1.29 is 8.78 Å². The highest BCUT2D eigenvalue weighted by molar-refractivity contribution is 7.98. The molecule has 22 heavy (non-hydrogen) atoms. The molecule has 0 amide bonds. The summed E-state index contributed by atoms with van der Waals surface area (Å²) in [5.41, 5.74) is 1.71. The smallest absolute Gasteiger partial charge is 0.170 e. The van der Waals surface area contributed by atoms with Crippen molar-refractivity contribution in [2.24, 2.45) is 0 Å². The van der Waals surface area contributed by atoms with Crippen LogP contribution in [0.3, 0.4) is 0 Å².